The van der Waals surface area contributed by atoms with Crippen molar-refractivity contribution in [1.29, 1.82) is 0 Å². The van der Waals surface area contributed by atoms with Gasteiger partial charge in [-0.05, 0) is 29.3 Å². The summed E-state index contributed by atoms with van der Waals surface area (Å²) in [6.07, 6.45) is -0.852. The van der Waals surface area contributed by atoms with E-state index >= 15 is 0 Å². The highest BCUT2D eigenvalue weighted by atomic mass is 16.5. The van der Waals surface area contributed by atoms with Crippen molar-refractivity contribution in [2.24, 2.45) is 0 Å². The Morgan fingerprint density at radius 2 is 1.58 bits per heavy atom. The summed E-state index contributed by atoms with van der Waals surface area (Å²) in [4.78, 5) is 26.7. The van der Waals surface area contributed by atoms with Gasteiger partial charge in [-0.25, -0.2) is 4.79 Å². The second kappa shape index (κ2) is 7.83. The molecule has 132 valence electrons. The number of esters is 1. The molecule has 0 saturated carbocycles. The molecule has 0 aliphatic rings. The molecular weight excluding hydrogens is 326 g/mol. The smallest absolute Gasteiger partial charge is 0.339 e. The SMILES string of the molecule is C[C@H](OC(=O)c1cccc2ccccc12)C(=O)N(C)Cc1ccccc1. The minimum Gasteiger partial charge on any atom is -0.449 e. The first kappa shape index (κ1) is 17.7. The first-order valence-corrected chi connectivity index (χ1v) is 8.54. The Balaban J connectivity index is 1.69. The van der Waals surface area contributed by atoms with Crippen LogP contribution in [0.25, 0.3) is 10.8 Å². The molecule has 0 spiro atoms. The summed E-state index contributed by atoms with van der Waals surface area (Å²) in [5.41, 5.74) is 1.49. The van der Waals surface area contributed by atoms with Crippen molar-refractivity contribution >= 4 is 22.6 Å². The molecule has 0 aliphatic heterocycles. The Hall–Kier alpha value is -3.14. The lowest BCUT2D eigenvalue weighted by atomic mass is 10.0. The number of nitrogens with zero attached hydrogens (tertiary/aromatic N) is 1. The standard InChI is InChI=1S/C22H21NO3/c1-16(21(24)23(2)15-17-9-4-3-5-10-17)26-22(25)20-14-8-12-18-11-6-7-13-19(18)20/h3-14,16H,15H2,1-2H3/t16-/m0/s1. The van der Waals surface area contributed by atoms with Gasteiger partial charge in [0.1, 0.15) is 0 Å². The summed E-state index contributed by atoms with van der Waals surface area (Å²) >= 11 is 0. The monoisotopic (exact) mass is 347 g/mol. The zero-order valence-corrected chi connectivity index (χ0v) is 14.9. The van der Waals surface area contributed by atoms with Gasteiger partial charge in [0.15, 0.2) is 6.10 Å². The van der Waals surface area contributed by atoms with Gasteiger partial charge in [0.05, 0.1) is 5.56 Å². The molecule has 26 heavy (non-hydrogen) atoms. The van der Waals surface area contributed by atoms with E-state index in [4.69, 9.17) is 4.74 Å². The first-order chi connectivity index (χ1) is 12.6. The van der Waals surface area contributed by atoms with E-state index < -0.39 is 12.1 Å². The predicted molar refractivity (Wildman–Crippen MR) is 102 cm³/mol. The van der Waals surface area contributed by atoms with Crippen LogP contribution in [-0.2, 0) is 16.1 Å². The van der Waals surface area contributed by atoms with Crippen LogP contribution < -0.4 is 0 Å². The van der Waals surface area contributed by atoms with Crippen LogP contribution in [0.5, 0.6) is 0 Å². The summed E-state index contributed by atoms with van der Waals surface area (Å²) in [6.45, 7) is 2.07. The van der Waals surface area contributed by atoms with Crippen molar-refractivity contribution in [2.75, 3.05) is 7.05 Å². The van der Waals surface area contributed by atoms with E-state index in [1.54, 1.807) is 24.9 Å². The van der Waals surface area contributed by atoms with Gasteiger partial charge in [-0.1, -0.05) is 66.7 Å². The summed E-state index contributed by atoms with van der Waals surface area (Å²) in [7, 11) is 1.71. The molecule has 3 rings (SSSR count). The summed E-state index contributed by atoms with van der Waals surface area (Å²) in [5, 5.41) is 1.78. The maximum atomic E-state index is 12.6. The quantitative estimate of drug-likeness (QED) is 0.654. The van der Waals surface area contributed by atoms with Gasteiger partial charge >= 0.3 is 5.97 Å². The first-order valence-electron chi connectivity index (χ1n) is 8.54. The molecule has 0 aromatic heterocycles. The van der Waals surface area contributed by atoms with Crippen LogP contribution in [0.3, 0.4) is 0 Å². The molecule has 1 atom stereocenters. The van der Waals surface area contributed by atoms with E-state index in [0.29, 0.717) is 12.1 Å². The number of ether oxygens (including phenoxy) is 1. The second-order valence-corrected chi connectivity index (χ2v) is 6.25. The lowest BCUT2D eigenvalue weighted by Crippen LogP contribution is -2.37. The number of likely N-dealkylation sites (N-methyl/N-ethyl adjacent to an activating group) is 1. The maximum Gasteiger partial charge on any atom is 0.339 e. The highest BCUT2D eigenvalue weighted by Crippen LogP contribution is 2.20. The fourth-order valence-electron chi connectivity index (χ4n) is 2.92. The molecule has 0 unspecified atom stereocenters. The number of carbonyl (C=O) groups excluding carboxylic acids is 2. The van der Waals surface area contributed by atoms with Crippen molar-refractivity contribution < 1.29 is 14.3 Å². The largest absolute Gasteiger partial charge is 0.449 e. The number of fused-ring (bicyclic) bond motifs is 1. The van der Waals surface area contributed by atoms with Gasteiger partial charge in [-0.2, -0.15) is 0 Å². The van der Waals surface area contributed by atoms with Crippen LogP contribution in [0, 0.1) is 0 Å². The molecule has 0 bridgehead atoms. The van der Waals surface area contributed by atoms with E-state index in [1.807, 2.05) is 66.7 Å². The topological polar surface area (TPSA) is 46.6 Å². The molecule has 4 nitrogen and oxygen atoms in total. The average molecular weight is 347 g/mol. The molecule has 0 radical (unpaired) electrons. The number of hydrogen-bond donors (Lipinski definition) is 0. The van der Waals surface area contributed by atoms with Crippen molar-refractivity contribution in [3.8, 4) is 0 Å². The fraction of sp³-hybridized carbons (Fsp3) is 0.182. The van der Waals surface area contributed by atoms with Crippen LogP contribution in [0.15, 0.2) is 72.8 Å². The normalized spacial score (nSPS) is 11.8. The number of benzene rings is 3. The number of hydrogen-bond acceptors (Lipinski definition) is 3. The third kappa shape index (κ3) is 3.91. The molecule has 4 heteroatoms. The van der Waals surface area contributed by atoms with Crippen molar-refractivity contribution in [2.45, 2.75) is 19.6 Å². The van der Waals surface area contributed by atoms with E-state index in [2.05, 4.69) is 0 Å². The third-order valence-corrected chi connectivity index (χ3v) is 4.28. The van der Waals surface area contributed by atoms with Gasteiger partial charge < -0.3 is 9.64 Å². The van der Waals surface area contributed by atoms with Gasteiger partial charge in [0.25, 0.3) is 5.91 Å². The molecule has 0 N–H and O–H groups in total. The maximum absolute atomic E-state index is 12.6. The summed E-state index contributed by atoms with van der Waals surface area (Å²) in [6, 6.07) is 22.8. The van der Waals surface area contributed by atoms with E-state index in [1.165, 1.54) is 0 Å². The van der Waals surface area contributed by atoms with Gasteiger partial charge in [-0.15, -0.1) is 0 Å². The Morgan fingerprint density at radius 3 is 2.35 bits per heavy atom. The van der Waals surface area contributed by atoms with Crippen LogP contribution in [0.1, 0.15) is 22.8 Å². The van der Waals surface area contributed by atoms with Crippen molar-refractivity contribution in [1.82, 2.24) is 4.90 Å². The molecule has 0 aliphatic carbocycles. The minimum atomic E-state index is -0.852. The lowest BCUT2D eigenvalue weighted by molar-refractivity contribution is -0.139. The highest BCUT2D eigenvalue weighted by Gasteiger charge is 2.23. The van der Waals surface area contributed by atoms with E-state index in [0.717, 1.165) is 16.3 Å². The van der Waals surface area contributed by atoms with Crippen molar-refractivity contribution in [3.05, 3.63) is 83.9 Å². The molecular formula is C22H21NO3. The zero-order chi connectivity index (χ0) is 18.5. The molecule has 0 fully saturated rings. The molecule has 0 heterocycles. The molecule has 1 amide bonds. The third-order valence-electron chi connectivity index (χ3n) is 4.28. The number of rotatable bonds is 5. The molecule has 3 aromatic rings. The van der Waals surface area contributed by atoms with Gasteiger partial charge in [0, 0.05) is 13.6 Å². The van der Waals surface area contributed by atoms with E-state index in [9.17, 15) is 9.59 Å². The van der Waals surface area contributed by atoms with Gasteiger partial charge in [-0.3, -0.25) is 4.79 Å². The molecule has 3 aromatic carbocycles. The van der Waals surface area contributed by atoms with Crippen molar-refractivity contribution in [3.63, 3.8) is 0 Å². The number of carbonyl (C=O) groups is 2. The Labute approximate surface area is 153 Å². The Morgan fingerprint density at radius 1 is 0.923 bits per heavy atom. The van der Waals surface area contributed by atoms with Crippen LogP contribution in [0.2, 0.25) is 0 Å². The highest BCUT2D eigenvalue weighted by molar-refractivity contribution is 6.05. The summed E-state index contributed by atoms with van der Waals surface area (Å²) in [5.74, 6) is -0.724. The van der Waals surface area contributed by atoms with Crippen LogP contribution >= 0.6 is 0 Å². The second-order valence-electron chi connectivity index (χ2n) is 6.25. The Kier molecular flexibility index (Phi) is 5.32. The Bertz CT molecular complexity index is 916. The average Bonchev–Trinajstić information content (AvgIpc) is 2.67. The minimum absolute atomic E-state index is 0.234. The lowest BCUT2D eigenvalue weighted by Gasteiger charge is -2.21. The number of amides is 1. The zero-order valence-electron chi connectivity index (χ0n) is 14.9. The van der Waals surface area contributed by atoms with Crippen LogP contribution in [-0.4, -0.2) is 29.9 Å². The van der Waals surface area contributed by atoms with Gasteiger partial charge in [0.2, 0.25) is 0 Å². The fourth-order valence-corrected chi connectivity index (χ4v) is 2.92. The summed E-state index contributed by atoms with van der Waals surface area (Å²) < 4.78 is 5.44. The van der Waals surface area contributed by atoms with E-state index in [-0.39, 0.29) is 5.91 Å². The predicted octanol–water partition coefficient (Wildman–Crippen LogP) is 4.04. The van der Waals surface area contributed by atoms with Crippen LogP contribution in [0.4, 0.5) is 0 Å². The molecule has 0 saturated heterocycles.